The summed E-state index contributed by atoms with van der Waals surface area (Å²) >= 11 is 1.30. The second-order valence-corrected chi connectivity index (χ2v) is 8.16. The van der Waals surface area contributed by atoms with Gasteiger partial charge in [-0.3, -0.25) is 4.79 Å². The van der Waals surface area contributed by atoms with Crippen molar-refractivity contribution in [1.82, 2.24) is 20.2 Å². The molecule has 0 fully saturated rings. The number of ether oxygens (including phenoxy) is 1. The van der Waals surface area contributed by atoms with Gasteiger partial charge in [0.25, 0.3) is 0 Å². The van der Waals surface area contributed by atoms with Crippen LogP contribution in [-0.2, 0) is 4.79 Å². The van der Waals surface area contributed by atoms with E-state index in [9.17, 15) is 4.79 Å². The number of tetrazole rings is 1. The van der Waals surface area contributed by atoms with Gasteiger partial charge in [-0.25, -0.2) is 0 Å². The van der Waals surface area contributed by atoms with E-state index in [1.54, 1.807) is 4.68 Å². The fourth-order valence-corrected chi connectivity index (χ4v) is 3.69. The fraction of sp³-hybridized carbons (Fsp3) is 0.130. The number of carbonyl (C=O) groups excluding carboxylic acids is 1. The molecule has 1 amide bonds. The Bertz CT molecular complexity index is 1160. The number of rotatable bonds is 7. The second-order valence-electron chi connectivity index (χ2n) is 6.85. The zero-order chi connectivity index (χ0) is 21.6. The van der Waals surface area contributed by atoms with Gasteiger partial charge in [0.1, 0.15) is 11.5 Å². The van der Waals surface area contributed by atoms with Crippen LogP contribution in [0.3, 0.4) is 0 Å². The first-order valence-corrected chi connectivity index (χ1v) is 10.6. The minimum Gasteiger partial charge on any atom is -0.457 e. The van der Waals surface area contributed by atoms with Crippen LogP contribution in [-0.4, -0.2) is 31.4 Å². The molecule has 0 radical (unpaired) electrons. The summed E-state index contributed by atoms with van der Waals surface area (Å²) in [6.45, 7) is 3.82. The summed E-state index contributed by atoms with van der Waals surface area (Å²) in [6, 6.07) is 24.6. The van der Waals surface area contributed by atoms with Crippen molar-refractivity contribution in [2.75, 3.05) is 5.32 Å². The van der Waals surface area contributed by atoms with Crippen molar-refractivity contribution >= 4 is 23.4 Å². The first kappa shape index (κ1) is 20.6. The number of hydrogen-bond donors (Lipinski definition) is 1. The lowest BCUT2D eigenvalue weighted by atomic mass is 10.2. The highest BCUT2D eigenvalue weighted by Gasteiger charge is 2.20. The van der Waals surface area contributed by atoms with Gasteiger partial charge in [-0.05, 0) is 72.3 Å². The van der Waals surface area contributed by atoms with E-state index in [1.165, 1.54) is 11.8 Å². The number of thioether (sulfide) groups is 1. The normalized spacial score (nSPS) is 11.7. The third-order valence-corrected chi connectivity index (χ3v) is 5.57. The van der Waals surface area contributed by atoms with E-state index < -0.39 is 5.25 Å². The lowest BCUT2D eigenvalue weighted by Crippen LogP contribution is -2.22. The number of nitrogens with one attached hydrogen (secondary N) is 1. The number of aromatic nitrogens is 4. The first-order chi connectivity index (χ1) is 15.1. The van der Waals surface area contributed by atoms with Crippen LogP contribution in [0, 0.1) is 6.92 Å². The maximum Gasteiger partial charge on any atom is 0.237 e. The standard InChI is InChI=1S/C23H21N5O2S/c1-16-8-6-7-11-21(16)28-23(25-26-27-28)31-17(2)22(29)24-18-12-14-20(15-13-18)30-19-9-4-3-5-10-19/h3-15,17H,1-2H3,(H,24,29). The lowest BCUT2D eigenvalue weighted by Gasteiger charge is -2.13. The number of benzene rings is 3. The molecule has 0 bridgehead atoms. The maximum absolute atomic E-state index is 12.7. The summed E-state index contributed by atoms with van der Waals surface area (Å²) in [7, 11) is 0. The number of carbonyl (C=O) groups is 1. The van der Waals surface area contributed by atoms with E-state index in [2.05, 4.69) is 20.8 Å². The van der Waals surface area contributed by atoms with Gasteiger partial charge < -0.3 is 10.1 Å². The van der Waals surface area contributed by atoms with Gasteiger partial charge in [0.05, 0.1) is 10.9 Å². The third-order valence-electron chi connectivity index (χ3n) is 4.54. The summed E-state index contributed by atoms with van der Waals surface area (Å²) in [5.41, 5.74) is 2.62. The molecule has 1 aromatic heterocycles. The van der Waals surface area contributed by atoms with Crippen LogP contribution in [0.5, 0.6) is 11.5 Å². The monoisotopic (exact) mass is 431 g/mol. The predicted molar refractivity (Wildman–Crippen MR) is 121 cm³/mol. The Morgan fingerprint density at radius 1 is 0.968 bits per heavy atom. The molecule has 8 heteroatoms. The molecule has 0 saturated carbocycles. The van der Waals surface area contributed by atoms with E-state index in [-0.39, 0.29) is 5.91 Å². The molecule has 1 N–H and O–H groups in total. The average Bonchev–Trinajstić information content (AvgIpc) is 3.24. The van der Waals surface area contributed by atoms with Crippen molar-refractivity contribution in [3.63, 3.8) is 0 Å². The number of para-hydroxylation sites is 2. The molecular formula is C23H21N5O2S. The highest BCUT2D eigenvalue weighted by atomic mass is 32.2. The topological polar surface area (TPSA) is 81.9 Å². The zero-order valence-corrected chi connectivity index (χ0v) is 17.9. The van der Waals surface area contributed by atoms with Gasteiger partial charge >= 0.3 is 0 Å². The zero-order valence-electron chi connectivity index (χ0n) is 17.1. The molecule has 156 valence electrons. The fourth-order valence-electron chi connectivity index (χ4n) is 2.89. The summed E-state index contributed by atoms with van der Waals surface area (Å²) in [5.74, 6) is 1.32. The Labute approximate surface area is 184 Å². The van der Waals surface area contributed by atoms with Crippen LogP contribution >= 0.6 is 11.8 Å². The quantitative estimate of drug-likeness (QED) is 0.420. The first-order valence-electron chi connectivity index (χ1n) is 9.75. The van der Waals surface area contributed by atoms with Crippen molar-refractivity contribution < 1.29 is 9.53 Å². The van der Waals surface area contributed by atoms with Gasteiger partial charge in [0, 0.05) is 5.69 Å². The molecule has 4 aromatic rings. The van der Waals surface area contributed by atoms with Gasteiger partial charge in [-0.15, -0.1) is 5.10 Å². The van der Waals surface area contributed by atoms with Gasteiger partial charge in [-0.1, -0.05) is 48.2 Å². The van der Waals surface area contributed by atoms with Crippen molar-refractivity contribution in [2.24, 2.45) is 0 Å². The number of aryl methyl sites for hydroxylation is 1. The molecule has 1 heterocycles. The number of nitrogens with zero attached hydrogens (tertiary/aromatic N) is 4. The predicted octanol–water partition coefficient (Wildman–Crippen LogP) is 4.88. The van der Waals surface area contributed by atoms with Crippen molar-refractivity contribution in [1.29, 1.82) is 0 Å². The van der Waals surface area contributed by atoms with Crippen LogP contribution in [0.2, 0.25) is 0 Å². The summed E-state index contributed by atoms with van der Waals surface area (Å²) < 4.78 is 7.43. The van der Waals surface area contributed by atoms with E-state index in [4.69, 9.17) is 4.74 Å². The Hall–Kier alpha value is -3.65. The Kier molecular flexibility index (Phi) is 6.28. The molecule has 7 nitrogen and oxygen atoms in total. The average molecular weight is 432 g/mol. The van der Waals surface area contributed by atoms with Gasteiger partial charge in [0.15, 0.2) is 0 Å². The van der Waals surface area contributed by atoms with Crippen LogP contribution in [0.15, 0.2) is 84.0 Å². The molecule has 0 aliphatic rings. The molecule has 1 atom stereocenters. The van der Waals surface area contributed by atoms with Gasteiger partial charge in [-0.2, -0.15) is 4.68 Å². The lowest BCUT2D eigenvalue weighted by molar-refractivity contribution is -0.115. The van der Waals surface area contributed by atoms with Crippen LogP contribution < -0.4 is 10.1 Å². The Morgan fingerprint density at radius 3 is 2.39 bits per heavy atom. The van der Waals surface area contributed by atoms with Crippen LogP contribution in [0.25, 0.3) is 5.69 Å². The highest BCUT2D eigenvalue weighted by Crippen LogP contribution is 2.26. The molecular weight excluding hydrogens is 410 g/mol. The second kappa shape index (κ2) is 9.44. The third kappa shape index (κ3) is 5.10. The summed E-state index contributed by atoms with van der Waals surface area (Å²) in [4.78, 5) is 12.7. The number of anilines is 1. The SMILES string of the molecule is Cc1ccccc1-n1nnnc1SC(C)C(=O)Nc1ccc(Oc2ccccc2)cc1. The largest absolute Gasteiger partial charge is 0.457 e. The van der Waals surface area contributed by atoms with Gasteiger partial charge in [0.2, 0.25) is 11.1 Å². The highest BCUT2D eigenvalue weighted by molar-refractivity contribution is 8.00. The van der Waals surface area contributed by atoms with Crippen molar-refractivity contribution in [3.05, 3.63) is 84.4 Å². The van der Waals surface area contributed by atoms with Crippen LogP contribution in [0.4, 0.5) is 5.69 Å². The molecule has 0 spiro atoms. The smallest absolute Gasteiger partial charge is 0.237 e. The molecule has 1 unspecified atom stereocenters. The maximum atomic E-state index is 12.7. The summed E-state index contributed by atoms with van der Waals surface area (Å²) in [5, 5.41) is 15.0. The minimum absolute atomic E-state index is 0.138. The van der Waals surface area contributed by atoms with E-state index >= 15 is 0 Å². The molecule has 31 heavy (non-hydrogen) atoms. The van der Waals surface area contributed by atoms with E-state index in [0.717, 1.165) is 17.0 Å². The summed E-state index contributed by atoms with van der Waals surface area (Å²) in [6.07, 6.45) is 0. The molecule has 4 rings (SSSR count). The molecule has 0 aliphatic heterocycles. The van der Waals surface area contributed by atoms with Crippen molar-refractivity contribution in [2.45, 2.75) is 24.3 Å². The number of hydrogen-bond acceptors (Lipinski definition) is 6. The molecule has 0 aliphatic carbocycles. The number of amides is 1. The van der Waals surface area contributed by atoms with E-state index in [0.29, 0.717) is 16.6 Å². The molecule has 0 saturated heterocycles. The van der Waals surface area contributed by atoms with Crippen LogP contribution in [0.1, 0.15) is 12.5 Å². The Morgan fingerprint density at radius 2 is 1.65 bits per heavy atom. The van der Waals surface area contributed by atoms with Crippen molar-refractivity contribution in [3.8, 4) is 17.2 Å². The minimum atomic E-state index is -0.394. The van der Waals surface area contributed by atoms with E-state index in [1.807, 2.05) is 92.7 Å². The Balaban J connectivity index is 1.38. The molecule has 3 aromatic carbocycles.